The fraction of sp³-hybridized carbons (Fsp3) is 0.667. The van der Waals surface area contributed by atoms with Crippen molar-refractivity contribution in [2.75, 3.05) is 19.8 Å². The second-order valence-corrected chi connectivity index (χ2v) is 9.67. The summed E-state index contributed by atoms with van der Waals surface area (Å²) in [4.78, 5) is 28.7. The van der Waals surface area contributed by atoms with Crippen LogP contribution in [0.5, 0.6) is 0 Å². The number of benzene rings is 1. The lowest BCUT2D eigenvalue weighted by molar-refractivity contribution is -0.161. The number of unbranched alkanes of at least 4 members (excludes halogenated alkanes) is 2. The van der Waals surface area contributed by atoms with Crippen LogP contribution < -0.4 is 16.4 Å². The molecule has 10 heteroatoms. The van der Waals surface area contributed by atoms with Crippen molar-refractivity contribution in [3.63, 3.8) is 0 Å². The Bertz CT molecular complexity index is 788. The third kappa shape index (κ3) is 16.5. The summed E-state index contributed by atoms with van der Waals surface area (Å²) in [7, 11) is 0. The highest BCUT2D eigenvalue weighted by Crippen LogP contribution is 2.13. The van der Waals surface area contributed by atoms with E-state index in [1.165, 1.54) is 0 Å². The van der Waals surface area contributed by atoms with E-state index >= 15 is 0 Å². The zero-order valence-corrected chi connectivity index (χ0v) is 23.1. The molecule has 1 atom stereocenters. The molecule has 0 unspecified atom stereocenters. The van der Waals surface area contributed by atoms with Gasteiger partial charge in [-0.15, -0.1) is 0 Å². The first-order valence-corrected chi connectivity index (χ1v) is 13.1. The van der Waals surface area contributed by atoms with Crippen molar-refractivity contribution < 1.29 is 28.5 Å². The van der Waals surface area contributed by atoms with Crippen LogP contribution in [0.3, 0.4) is 0 Å². The molecule has 0 aliphatic carbocycles. The van der Waals surface area contributed by atoms with Gasteiger partial charge in [-0.1, -0.05) is 57.0 Å². The average molecular weight is 523 g/mol. The quantitative estimate of drug-likeness (QED) is 0.122. The van der Waals surface area contributed by atoms with E-state index in [9.17, 15) is 9.59 Å². The van der Waals surface area contributed by atoms with E-state index < -0.39 is 30.1 Å². The predicted molar refractivity (Wildman–Crippen MR) is 144 cm³/mol. The summed E-state index contributed by atoms with van der Waals surface area (Å²) in [6.07, 6.45) is 3.00. The molecule has 1 rings (SSSR count). The van der Waals surface area contributed by atoms with Crippen LogP contribution in [0.25, 0.3) is 0 Å². The predicted octanol–water partition coefficient (Wildman–Crippen LogP) is 4.86. The molecule has 4 N–H and O–H groups in total. The lowest BCUT2D eigenvalue weighted by atomic mass is 10.1. The zero-order chi connectivity index (χ0) is 27.5. The van der Waals surface area contributed by atoms with Gasteiger partial charge in [-0.3, -0.25) is 10.3 Å². The van der Waals surface area contributed by atoms with E-state index in [2.05, 4.69) is 29.5 Å². The molecule has 0 fully saturated rings. The zero-order valence-electron chi connectivity index (χ0n) is 23.1. The number of guanidine groups is 1. The Kier molecular flexibility index (Phi) is 16.0. The molecule has 2 amide bonds. The normalized spacial score (nSPS) is 12.8. The van der Waals surface area contributed by atoms with Gasteiger partial charge in [0, 0.05) is 19.8 Å². The van der Waals surface area contributed by atoms with Crippen LogP contribution in [0.15, 0.2) is 35.3 Å². The first-order valence-electron chi connectivity index (χ1n) is 13.1. The van der Waals surface area contributed by atoms with Crippen molar-refractivity contribution in [3.8, 4) is 0 Å². The lowest BCUT2D eigenvalue weighted by Crippen LogP contribution is -2.47. The summed E-state index contributed by atoms with van der Waals surface area (Å²) in [5, 5.41) is 5.31. The largest absolute Gasteiger partial charge is 0.444 e. The van der Waals surface area contributed by atoms with Crippen molar-refractivity contribution in [3.05, 3.63) is 35.9 Å². The van der Waals surface area contributed by atoms with Crippen LogP contribution in [0, 0.1) is 0 Å². The molecule has 0 saturated carbocycles. The van der Waals surface area contributed by atoms with Gasteiger partial charge in [-0.05, 0) is 52.0 Å². The molecule has 0 bridgehead atoms. The van der Waals surface area contributed by atoms with Crippen LogP contribution in [0.2, 0.25) is 0 Å². The van der Waals surface area contributed by atoms with Gasteiger partial charge < -0.3 is 30.0 Å². The van der Waals surface area contributed by atoms with Crippen LogP contribution >= 0.6 is 0 Å². The number of rotatable bonds is 16. The number of nitrogens with one attached hydrogen (secondary N) is 2. The van der Waals surface area contributed by atoms with Gasteiger partial charge in [0.25, 0.3) is 0 Å². The highest BCUT2D eigenvalue weighted by Gasteiger charge is 2.27. The second-order valence-electron chi connectivity index (χ2n) is 9.67. The number of nitrogens with two attached hydrogens (primary N) is 1. The number of nitrogens with zero attached hydrogens (tertiary/aromatic N) is 1. The fourth-order valence-corrected chi connectivity index (χ4v) is 3.12. The third-order valence-electron chi connectivity index (χ3n) is 4.99. The molecular weight excluding hydrogens is 476 g/mol. The molecule has 210 valence electrons. The van der Waals surface area contributed by atoms with Crippen molar-refractivity contribution in [2.24, 2.45) is 10.7 Å². The number of hydrogen-bond donors (Lipinski definition) is 3. The molecule has 0 radical (unpaired) electrons. The van der Waals surface area contributed by atoms with E-state index in [1.807, 2.05) is 51.1 Å². The third-order valence-corrected chi connectivity index (χ3v) is 4.99. The standard InChI is InChI=1S/C27H46N4O6/c1-6-8-18-34-23(35-19-9-7-2)22(30-26(33)37-27(3,4)5)16-13-17-29-24(28)31-25(32)36-20-21-14-11-10-12-15-21/h10-12,14-15,22-23H,6-9,13,16-20H2,1-5H3,(H,30,33)(H3,28,29,31,32)/t22-/m0/s1. The molecule has 1 aromatic rings. The van der Waals surface area contributed by atoms with Crippen LogP contribution in [-0.4, -0.2) is 55.8 Å². The first kappa shape index (κ1) is 32.2. The van der Waals surface area contributed by atoms with Gasteiger partial charge in [0.05, 0.1) is 6.04 Å². The van der Waals surface area contributed by atoms with Crippen molar-refractivity contribution in [2.45, 2.75) is 97.7 Å². The van der Waals surface area contributed by atoms with Crippen molar-refractivity contribution in [1.29, 1.82) is 0 Å². The molecule has 1 aromatic carbocycles. The van der Waals surface area contributed by atoms with Gasteiger partial charge in [0.1, 0.15) is 12.2 Å². The number of amides is 2. The van der Waals surface area contributed by atoms with E-state index in [0.717, 1.165) is 31.2 Å². The summed E-state index contributed by atoms with van der Waals surface area (Å²) in [5.74, 6) is -0.0374. The molecule has 0 heterocycles. The number of carbonyl (C=O) groups excluding carboxylic acids is 2. The summed E-state index contributed by atoms with van der Waals surface area (Å²) in [6.45, 7) is 11.1. The Morgan fingerprint density at radius 1 is 0.973 bits per heavy atom. The molecule has 0 saturated heterocycles. The summed E-state index contributed by atoms with van der Waals surface area (Å²) < 4.78 is 22.6. The van der Waals surface area contributed by atoms with Crippen molar-refractivity contribution in [1.82, 2.24) is 10.6 Å². The minimum atomic E-state index is -0.678. The summed E-state index contributed by atoms with van der Waals surface area (Å²) >= 11 is 0. The van der Waals surface area contributed by atoms with Crippen LogP contribution in [0.4, 0.5) is 9.59 Å². The Morgan fingerprint density at radius 2 is 1.59 bits per heavy atom. The van der Waals surface area contributed by atoms with Crippen LogP contribution in [0.1, 0.15) is 78.7 Å². The molecule has 0 aliphatic rings. The number of carbonyl (C=O) groups is 2. The van der Waals surface area contributed by atoms with Gasteiger partial charge in [-0.2, -0.15) is 0 Å². The van der Waals surface area contributed by atoms with Gasteiger partial charge in [0.15, 0.2) is 12.2 Å². The minimum Gasteiger partial charge on any atom is -0.444 e. The van der Waals surface area contributed by atoms with Gasteiger partial charge in [0.2, 0.25) is 0 Å². The maximum Gasteiger partial charge on any atom is 0.414 e. The van der Waals surface area contributed by atoms with E-state index in [1.54, 1.807) is 0 Å². The molecule has 0 aliphatic heterocycles. The fourth-order valence-electron chi connectivity index (χ4n) is 3.12. The molecule has 10 nitrogen and oxygen atoms in total. The number of aliphatic imine (C=N–C) groups is 1. The minimum absolute atomic E-state index is 0.0374. The Morgan fingerprint density at radius 3 is 2.16 bits per heavy atom. The monoisotopic (exact) mass is 522 g/mol. The second kappa shape index (κ2) is 18.4. The topological polar surface area (TPSA) is 134 Å². The Balaban J connectivity index is 2.66. The number of ether oxygens (including phenoxy) is 4. The highest BCUT2D eigenvalue weighted by molar-refractivity contribution is 5.92. The smallest absolute Gasteiger partial charge is 0.414 e. The van der Waals surface area contributed by atoms with Gasteiger partial charge in [-0.25, -0.2) is 9.59 Å². The number of alkyl carbamates (subject to hydrolysis) is 2. The molecular formula is C27H46N4O6. The summed E-state index contributed by atoms with van der Waals surface area (Å²) in [5.41, 5.74) is 6.07. The lowest BCUT2D eigenvalue weighted by Gasteiger charge is -2.29. The molecule has 37 heavy (non-hydrogen) atoms. The first-order chi connectivity index (χ1) is 17.6. The van der Waals surface area contributed by atoms with E-state index in [-0.39, 0.29) is 12.6 Å². The van der Waals surface area contributed by atoms with Gasteiger partial charge >= 0.3 is 12.2 Å². The van der Waals surface area contributed by atoms with E-state index in [4.69, 9.17) is 24.7 Å². The SMILES string of the molecule is CCCCOC(OCCCC)[C@H](CCCN=C(N)NC(=O)OCc1ccccc1)NC(=O)OC(C)(C)C. The Labute approximate surface area is 221 Å². The van der Waals surface area contributed by atoms with E-state index in [0.29, 0.717) is 32.6 Å². The maximum atomic E-state index is 12.5. The van der Waals surface area contributed by atoms with Crippen molar-refractivity contribution >= 4 is 18.1 Å². The number of hydrogen-bond acceptors (Lipinski definition) is 7. The maximum absolute atomic E-state index is 12.5. The summed E-state index contributed by atoms with van der Waals surface area (Å²) in [6, 6.07) is 8.90. The Hall–Kier alpha value is -2.85. The molecule has 0 aromatic heterocycles. The average Bonchev–Trinajstić information content (AvgIpc) is 2.83. The van der Waals surface area contributed by atoms with Crippen LogP contribution in [-0.2, 0) is 25.6 Å². The molecule has 0 spiro atoms. The highest BCUT2D eigenvalue weighted by atomic mass is 16.7.